The maximum atomic E-state index is 2.48. The van der Waals surface area contributed by atoms with E-state index in [0.717, 1.165) is 5.54 Å². The smallest absolute Gasteiger partial charge is 0.200 e. The van der Waals surface area contributed by atoms with E-state index in [1.807, 2.05) is 0 Å². The first kappa shape index (κ1) is 16.9. The predicted molar refractivity (Wildman–Crippen MR) is 108 cm³/mol. The minimum absolute atomic E-state index is 0.741. The van der Waals surface area contributed by atoms with Crippen LogP contribution in [0, 0.1) is 6.92 Å². The van der Waals surface area contributed by atoms with Gasteiger partial charge in [0.1, 0.15) is 7.05 Å². The molecule has 1 aromatic heterocycles. The fourth-order valence-electron chi connectivity index (χ4n) is 3.28. The van der Waals surface area contributed by atoms with Gasteiger partial charge in [0, 0.05) is 11.6 Å². The molecule has 0 radical (unpaired) electrons. The van der Waals surface area contributed by atoms with Crippen LogP contribution in [0.1, 0.15) is 19.4 Å². The van der Waals surface area contributed by atoms with Crippen molar-refractivity contribution in [3.8, 4) is 11.3 Å². The van der Waals surface area contributed by atoms with Crippen LogP contribution in [0.5, 0.6) is 0 Å². The molecule has 0 aliphatic carbocycles. The number of hydrogen-bond donors (Lipinski definition) is 0. The number of nitrogens with zero attached hydrogens (tertiary/aromatic N) is 1. The van der Waals surface area contributed by atoms with Gasteiger partial charge in [-0.05, 0) is 35.5 Å². The molecular weight excluding hydrogens is 306 g/mol. The summed E-state index contributed by atoms with van der Waals surface area (Å²) in [4.78, 5) is 0. The second-order valence-corrected chi connectivity index (χ2v) is 12.9. The third-order valence-electron chi connectivity index (χ3n) is 5.72. The van der Waals surface area contributed by atoms with Gasteiger partial charge in [-0.25, -0.2) is 4.57 Å². The monoisotopic (exact) mass is 334 g/mol. The number of hydrogen-bond acceptors (Lipinski definition) is 0. The zero-order valence-electron chi connectivity index (χ0n) is 15.7. The molecule has 0 saturated carbocycles. The fraction of sp³-hybridized carbons (Fsp3) is 0.318. The maximum absolute atomic E-state index is 2.48. The Kier molecular flexibility index (Phi) is 4.35. The fourth-order valence-corrected chi connectivity index (χ4v) is 4.99. The second-order valence-electron chi connectivity index (χ2n) is 7.77. The minimum Gasteiger partial charge on any atom is -0.200 e. The van der Waals surface area contributed by atoms with Gasteiger partial charge in [0.25, 0.3) is 0 Å². The molecule has 124 valence electrons. The Morgan fingerprint density at radius 3 is 2.33 bits per heavy atom. The van der Waals surface area contributed by atoms with E-state index in [-0.39, 0.29) is 0 Å². The van der Waals surface area contributed by atoms with Crippen molar-refractivity contribution in [3.05, 3.63) is 60.3 Å². The molecular formula is C22H28NSi+. The third kappa shape index (κ3) is 2.80. The summed E-state index contributed by atoms with van der Waals surface area (Å²) in [5, 5.41) is 4.24. The van der Waals surface area contributed by atoms with Gasteiger partial charge >= 0.3 is 0 Å². The lowest BCUT2D eigenvalue weighted by molar-refractivity contribution is -0.659. The third-order valence-corrected chi connectivity index (χ3v) is 10.4. The second kappa shape index (κ2) is 6.17. The van der Waals surface area contributed by atoms with E-state index in [2.05, 4.69) is 100 Å². The van der Waals surface area contributed by atoms with Crippen molar-refractivity contribution in [2.24, 2.45) is 7.05 Å². The summed E-state index contributed by atoms with van der Waals surface area (Å²) in [6, 6.07) is 18.1. The average Bonchev–Trinajstić information content (AvgIpc) is 2.55. The lowest BCUT2D eigenvalue weighted by Gasteiger charge is -2.27. The van der Waals surface area contributed by atoms with Crippen LogP contribution in [0.15, 0.2) is 54.7 Å². The van der Waals surface area contributed by atoms with E-state index in [1.165, 1.54) is 27.6 Å². The summed E-state index contributed by atoms with van der Waals surface area (Å²) in [6.07, 6.45) is 2.19. The molecule has 3 rings (SSSR count). The van der Waals surface area contributed by atoms with Crippen molar-refractivity contribution in [2.75, 3.05) is 0 Å². The lowest BCUT2D eigenvalue weighted by atomic mass is 10.00. The number of benzene rings is 2. The van der Waals surface area contributed by atoms with Crippen molar-refractivity contribution in [1.29, 1.82) is 0 Å². The Labute approximate surface area is 147 Å². The maximum Gasteiger partial charge on any atom is 0.220 e. The van der Waals surface area contributed by atoms with E-state index >= 15 is 0 Å². The Balaban J connectivity index is 2.26. The molecule has 3 aromatic rings. The van der Waals surface area contributed by atoms with Crippen LogP contribution in [-0.2, 0) is 7.05 Å². The summed E-state index contributed by atoms with van der Waals surface area (Å²) in [6.45, 7) is 11.9. The van der Waals surface area contributed by atoms with Gasteiger partial charge in [-0.3, -0.25) is 0 Å². The molecule has 2 heteroatoms. The van der Waals surface area contributed by atoms with Gasteiger partial charge in [-0.1, -0.05) is 62.5 Å². The molecule has 0 spiro atoms. The Hall–Kier alpha value is -1.93. The zero-order valence-corrected chi connectivity index (χ0v) is 16.7. The molecule has 0 N–H and O–H groups in total. The molecule has 1 heterocycles. The minimum atomic E-state index is -1.40. The summed E-state index contributed by atoms with van der Waals surface area (Å²) in [5.41, 5.74) is 4.69. The number of pyridine rings is 1. The largest absolute Gasteiger partial charge is 0.220 e. The summed E-state index contributed by atoms with van der Waals surface area (Å²) in [5.74, 6) is 0. The highest BCUT2D eigenvalue weighted by atomic mass is 28.3. The number of rotatable bonds is 3. The van der Waals surface area contributed by atoms with Crippen LogP contribution in [0.25, 0.3) is 22.0 Å². The standard InChI is InChI=1S/C22H28NSi/c1-16(2)24(5,6)19-11-12-21-18(15-19)13-14-23(4)22(21)20-10-8-7-9-17(20)3/h7-16H,1-6H3/q+1. The van der Waals surface area contributed by atoms with Gasteiger partial charge < -0.3 is 0 Å². The van der Waals surface area contributed by atoms with E-state index in [4.69, 9.17) is 0 Å². The first-order valence-electron chi connectivity index (χ1n) is 8.81. The van der Waals surface area contributed by atoms with Gasteiger partial charge in [-0.2, -0.15) is 0 Å². The number of aryl methyl sites for hydroxylation is 2. The molecule has 2 aromatic carbocycles. The van der Waals surface area contributed by atoms with Crippen LogP contribution >= 0.6 is 0 Å². The van der Waals surface area contributed by atoms with Crippen molar-refractivity contribution in [2.45, 2.75) is 39.4 Å². The summed E-state index contributed by atoms with van der Waals surface area (Å²) in [7, 11) is 0.739. The first-order valence-corrected chi connectivity index (χ1v) is 11.9. The van der Waals surface area contributed by atoms with Crippen LogP contribution in [0.2, 0.25) is 18.6 Å². The molecule has 1 nitrogen and oxygen atoms in total. The van der Waals surface area contributed by atoms with Gasteiger partial charge in [0.05, 0.1) is 13.5 Å². The van der Waals surface area contributed by atoms with Crippen LogP contribution in [0.3, 0.4) is 0 Å². The summed E-state index contributed by atoms with van der Waals surface area (Å²) < 4.78 is 2.25. The molecule has 0 aliphatic rings. The molecule has 0 bridgehead atoms. The molecule has 0 unspecified atom stereocenters. The number of aromatic nitrogens is 1. The Bertz CT molecular complexity index is 894. The lowest BCUT2D eigenvalue weighted by Crippen LogP contribution is -2.44. The highest BCUT2D eigenvalue weighted by molar-refractivity contribution is 6.91. The SMILES string of the molecule is Cc1ccccc1-c1c2ccc([Si](C)(C)C(C)C)cc2cc[n+]1C. The van der Waals surface area contributed by atoms with E-state index in [0.29, 0.717) is 0 Å². The topological polar surface area (TPSA) is 3.88 Å². The summed E-state index contributed by atoms with van der Waals surface area (Å²) >= 11 is 0. The van der Waals surface area contributed by atoms with Crippen LogP contribution in [0.4, 0.5) is 0 Å². The Morgan fingerprint density at radius 2 is 1.67 bits per heavy atom. The van der Waals surface area contributed by atoms with Crippen molar-refractivity contribution >= 4 is 24.0 Å². The van der Waals surface area contributed by atoms with E-state index in [1.54, 1.807) is 5.19 Å². The molecule has 0 saturated heterocycles. The van der Waals surface area contributed by atoms with Gasteiger partial charge in [0.2, 0.25) is 5.69 Å². The molecule has 0 amide bonds. The molecule has 24 heavy (non-hydrogen) atoms. The van der Waals surface area contributed by atoms with Gasteiger partial charge in [0.15, 0.2) is 6.20 Å². The van der Waals surface area contributed by atoms with Crippen molar-refractivity contribution in [1.82, 2.24) is 0 Å². The van der Waals surface area contributed by atoms with Crippen LogP contribution < -0.4 is 9.75 Å². The van der Waals surface area contributed by atoms with E-state index < -0.39 is 8.07 Å². The zero-order chi connectivity index (χ0) is 17.5. The molecule has 0 atom stereocenters. The predicted octanol–water partition coefficient (Wildman–Crippen LogP) is 4.97. The highest BCUT2D eigenvalue weighted by Crippen LogP contribution is 2.28. The normalized spacial score (nSPS) is 12.1. The van der Waals surface area contributed by atoms with E-state index in [9.17, 15) is 0 Å². The van der Waals surface area contributed by atoms with Crippen molar-refractivity contribution in [3.63, 3.8) is 0 Å². The average molecular weight is 335 g/mol. The van der Waals surface area contributed by atoms with Crippen molar-refractivity contribution < 1.29 is 4.57 Å². The van der Waals surface area contributed by atoms with Gasteiger partial charge in [-0.15, -0.1) is 0 Å². The highest BCUT2D eigenvalue weighted by Gasteiger charge is 2.28. The Morgan fingerprint density at radius 1 is 0.958 bits per heavy atom. The molecule has 0 aliphatic heterocycles. The quantitative estimate of drug-likeness (QED) is 0.470. The first-order chi connectivity index (χ1) is 11.3. The molecule has 0 fully saturated rings. The number of fused-ring (bicyclic) bond motifs is 1. The van der Waals surface area contributed by atoms with Crippen LogP contribution in [-0.4, -0.2) is 8.07 Å².